The van der Waals surface area contributed by atoms with Gasteiger partial charge in [0.1, 0.15) is 0 Å². The highest BCUT2D eigenvalue weighted by atomic mass is 35.5. The number of H-pyrrole nitrogens is 1. The number of nitrogens with one attached hydrogen (secondary N) is 1. The summed E-state index contributed by atoms with van der Waals surface area (Å²) in [7, 11) is 0. The van der Waals surface area contributed by atoms with Crippen LogP contribution in [0.1, 0.15) is 11.1 Å². The fraction of sp³-hybridized carbons (Fsp3) is 0.182. The van der Waals surface area contributed by atoms with Crippen LogP contribution in [0.5, 0.6) is 0 Å². The van der Waals surface area contributed by atoms with Crippen LogP contribution < -0.4 is 0 Å². The average Bonchev–Trinajstić information content (AvgIpc) is 2.47. The molecule has 3 heteroatoms. The van der Waals surface area contributed by atoms with Gasteiger partial charge in [0.15, 0.2) is 0 Å². The summed E-state index contributed by atoms with van der Waals surface area (Å²) in [5.41, 5.74) is 3.19. The molecule has 0 aliphatic rings. The van der Waals surface area contributed by atoms with Gasteiger partial charge in [-0.2, -0.15) is 0 Å². The Hall–Kier alpha value is -1.28. The third-order valence-corrected chi connectivity index (χ3v) is 2.39. The molecule has 1 N–H and O–H groups in total. The average molecular weight is 208 g/mol. The van der Waals surface area contributed by atoms with Gasteiger partial charge in [-0.05, 0) is 36.2 Å². The Kier molecular flexibility index (Phi) is 2.30. The molecule has 1 aromatic carbocycles. The normalized spacial score (nSPS) is 10.7. The van der Waals surface area contributed by atoms with Crippen molar-refractivity contribution in [3.63, 3.8) is 0 Å². The molecular weight excluding hydrogens is 198 g/mol. The maximum absolute atomic E-state index is 10.8. The second-order valence-corrected chi connectivity index (χ2v) is 3.82. The van der Waals surface area contributed by atoms with Crippen LogP contribution in [0.25, 0.3) is 10.9 Å². The molecule has 0 unspecified atom stereocenters. The zero-order chi connectivity index (χ0) is 10.1. The standard InChI is InChI=1S/C11H10ClNO/c1-7-2-3-10-9(4-7)8(6-13-10)5-11(12)14/h2-4,6,13H,5H2,1H3. The van der Waals surface area contributed by atoms with E-state index >= 15 is 0 Å². The number of benzene rings is 1. The zero-order valence-corrected chi connectivity index (χ0v) is 8.56. The van der Waals surface area contributed by atoms with Gasteiger partial charge in [-0.25, -0.2) is 0 Å². The largest absolute Gasteiger partial charge is 0.361 e. The Bertz CT molecular complexity index is 487. The van der Waals surface area contributed by atoms with E-state index in [1.54, 1.807) is 0 Å². The summed E-state index contributed by atoms with van der Waals surface area (Å²) < 4.78 is 0. The van der Waals surface area contributed by atoms with Crippen LogP contribution in [0.3, 0.4) is 0 Å². The second-order valence-electron chi connectivity index (χ2n) is 3.39. The van der Waals surface area contributed by atoms with Crippen molar-refractivity contribution in [3.8, 4) is 0 Å². The van der Waals surface area contributed by atoms with Crippen molar-refractivity contribution < 1.29 is 4.79 Å². The number of aromatic amines is 1. The minimum absolute atomic E-state index is 0.283. The second kappa shape index (κ2) is 3.46. The molecule has 0 saturated heterocycles. The van der Waals surface area contributed by atoms with Crippen molar-refractivity contribution in [2.45, 2.75) is 13.3 Å². The molecule has 1 heterocycles. The SMILES string of the molecule is Cc1ccc2[nH]cc(CC(=O)Cl)c2c1. The number of carbonyl (C=O) groups is 1. The van der Waals surface area contributed by atoms with E-state index in [0.29, 0.717) is 0 Å². The molecule has 0 fully saturated rings. The lowest BCUT2D eigenvalue weighted by atomic mass is 10.1. The number of rotatable bonds is 2. The number of carbonyl (C=O) groups excluding carboxylic acids is 1. The van der Waals surface area contributed by atoms with Gasteiger partial charge < -0.3 is 4.98 Å². The molecule has 0 aliphatic heterocycles. The first-order valence-electron chi connectivity index (χ1n) is 4.42. The Morgan fingerprint density at radius 1 is 1.50 bits per heavy atom. The summed E-state index contributed by atoms with van der Waals surface area (Å²) in [6.07, 6.45) is 2.12. The van der Waals surface area contributed by atoms with Crippen molar-refractivity contribution in [2.75, 3.05) is 0 Å². The van der Waals surface area contributed by atoms with E-state index in [2.05, 4.69) is 11.1 Å². The van der Waals surface area contributed by atoms with Crippen molar-refractivity contribution in [2.24, 2.45) is 0 Å². The van der Waals surface area contributed by atoms with Gasteiger partial charge in [-0.1, -0.05) is 11.6 Å². The maximum atomic E-state index is 10.8. The number of aromatic nitrogens is 1. The van der Waals surface area contributed by atoms with Gasteiger partial charge in [0.25, 0.3) is 0 Å². The number of aryl methyl sites for hydroxylation is 1. The van der Waals surface area contributed by atoms with Gasteiger partial charge in [-0.3, -0.25) is 4.79 Å². The van der Waals surface area contributed by atoms with E-state index in [1.165, 1.54) is 5.56 Å². The van der Waals surface area contributed by atoms with Crippen LogP contribution >= 0.6 is 11.6 Å². The molecule has 72 valence electrons. The molecule has 2 aromatic rings. The smallest absolute Gasteiger partial charge is 0.226 e. The van der Waals surface area contributed by atoms with Gasteiger partial charge in [-0.15, -0.1) is 0 Å². The topological polar surface area (TPSA) is 32.9 Å². The van der Waals surface area contributed by atoms with E-state index in [9.17, 15) is 4.79 Å². The van der Waals surface area contributed by atoms with Crippen LogP contribution in [0.2, 0.25) is 0 Å². The molecule has 2 rings (SSSR count). The highest BCUT2D eigenvalue weighted by Gasteiger charge is 2.06. The van der Waals surface area contributed by atoms with E-state index in [-0.39, 0.29) is 11.7 Å². The molecule has 0 amide bonds. The zero-order valence-electron chi connectivity index (χ0n) is 7.80. The lowest BCUT2D eigenvalue weighted by Crippen LogP contribution is -1.91. The third-order valence-electron chi connectivity index (χ3n) is 2.25. The molecule has 0 aliphatic carbocycles. The van der Waals surface area contributed by atoms with Crippen molar-refractivity contribution in [1.29, 1.82) is 0 Å². The first-order chi connectivity index (χ1) is 6.66. The van der Waals surface area contributed by atoms with Crippen molar-refractivity contribution in [3.05, 3.63) is 35.5 Å². The molecule has 0 saturated carbocycles. The fourth-order valence-electron chi connectivity index (χ4n) is 1.59. The Balaban J connectivity index is 2.55. The predicted molar refractivity (Wildman–Crippen MR) is 57.6 cm³/mol. The van der Waals surface area contributed by atoms with Crippen LogP contribution in [0.15, 0.2) is 24.4 Å². The minimum atomic E-state index is -0.326. The Labute approximate surface area is 86.9 Å². The summed E-state index contributed by atoms with van der Waals surface area (Å²) in [6.45, 7) is 2.03. The quantitative estimate of drug-likeness (QED) is 0.755. The summed E-state index contributed by atoms with van der Waals surface area (Å²) in [4.78, 5) is 13.9. The van der Waals surface area contributed by atoms with Gasteiger partial charge >= 0.3 is 0 Å². The lowest BCUT2D eigenvalue weighted by Gasteiger charge is -1.96. The summed E-state index contributed by atoms with van der Waals surface area (Å²) in [6, 6.07) is 6.10. The van der Waals surface area contributed by atoms with Crippen molar-refractivity contribution >= 4 is 27.7 Å². The highest BCUT2D eigenvalue weighted by molar-refractivity contribution is 6.63. The van der Waals surface area contributed by atoms with E-state index in [0.717, 1.165) is 16.5 Å². The number of hydrogen-bond acceptors (Lipinski definition) is 1. The van der Waals surface area contributed by atoms with Crippen LogP contribution in [-0.2, 0) is 11.2 Å². The number of halogens is 1. The monoisotopic (exact) mass is 207 g/mol. The summed E-state index contributed by atoms with van der Waals surface area (Å²) in [5.74, 6) is 0. The molecular formula is C11H10ClNO. The predicted octanol–water partition coefficient (Wildman–Crippen LogP) is 2.78. The molecule has 0 radical (unpaired) electrons. The molecule has 0 bridgehead atoms. The van der Waals surface area contributed by atoms with Crippen LogP contribution in [0.4, 0.5) is 0 Å². The van der Waals surface area contributed by atoms with Gasteiger partial charge in [0, 0.05) is 23.5 Å². The molecule has 0 atom stereocenters. The summed E-state index contributed by atoms with van der Waals surface area (Å²) in [5, 5.41) is 0.756. The fourth-order valence-corrected chi connectivity index (χ4v) is 1.73. The van der Waals surface area contributed by atoms with Crippen molar-refractivity contribution in [1.82, 2.24) is 4.98 Å². The minimum Gasteiger partial charge on any atom is -0.361 e. The van der Waals surface area contributed by atoms with Gasteiger partial charge in [0.2, 0.25) is 5.24 Å². The molecule has 0 spiro atoms. The highest BCUT2D eigenvalue weighted by Crippen LogP contribution is 2.20. The maximum Gasteiger partial charge on any atom is 0.226 e. The Morgan fingerprint density at radius 3 is 3.00 bits per heavy atom. The van der Waals surface area contributed by atoms with E-state index < -0.39 is 0 Å². The third kappa shape index (κ3) is 1.66. The first-order valence-corrected chi connectivity index (χ1v) is 4.79. The van der Waals surface area contributed by atoms with Gasteiger partial charge in [0.05, 0.1) is 0 Å². The van der Waals surface area contributed by atoms with E-state index in [1.807, 2.05) is 25.3 Å². The first kappa shape index (κ1) is 9.28. The lowest BCUT2D eigenvalue weighted by molar-refractivity contribution is -0.111. The van der Waals surface area contributed by atoms with Crippen LogP contribution in [0, 0.1) is 6.92 Å². The van der Waals surface area contributed by atoms with E-state index in [4.69, 9.17) is 11.6 Å². The molecule has 2 nitrogen and oxygen atoms in total. The number of fused-ring (bicyclic) bond motifs is 1. The summed E-state index contributed by atoms with van der Waals surface area (Å²) >= 11 is 5.36. The van der Waals surface area contributed by atoms with Crippen LogP contribution in [-0.4, -0.2) is 10.2 Å². The number of hydrogen-bond donors (Lipinski definition) is 1. The molecule has 1 aromatic heterocycles. The Morgan fingerprint density at radius 2 is 2.29 bits per heavy atom. The molecule has 14 heavy (non-hydrogen) atoms.